The summed E-state index contributed by atoms with van der Waals surface area (Å²) in [6.07, 6.45) is 13.4. The van der Waals surface area contributed by atoms with Gasteiger partial charge < -0.3 is 10.6 Å². The molecule has 3 rings (SSSR count). The first-order valence-electron chi connectivity index (χ1n) is 10.4. The van der Waals surface area contributed by atoms with Gasteiger partial charge in [0.1, 0.15) is 0 Å². The summed E-state index contributed by atoms with van der Waals surface area (Å²) < 4.78 is 0. The summed E-state index contributed by atoms with van der Waals surface area (Å²) in [7, 11) is 0. The van der Waals surface area contributed by atoms with Gasteiger partial charge in [-0.1, -0.05) is 50.7 Å². The number of anilines is 1. The summed E-state index contributed by atoms with van der Waals surface area (Å²) in [6.45, 7) is 3.47. The Balaban J connectivity index is 1.48. The maximum absolute atomic E-state index is 12.5. The number of hydrogen-bond acceptors (Lipinski definition) is 3. The minimum absolute atomic E-state index is 0.243. The fraction of sp³-hybridized carbons (Fsp3) is 0.682. The maximum Gasteiger partial charge on any atom is 0.162 e. The molecular formula is C22H34N2O. The minimum Gasteiger partial charge on any atom is -0.398 e. The average molecular weight is 343 g/mol. The van der Waals surface area contributed by atoms with Crippen LogP contribution >= 0.6 is 0 Å². The van der Waals surface area contributed by atoms with Crippen molar-refractivity contribution in [2.24, 2.45) is 5.92 Å². The zero-order valence-corrected chi connectivity index (χ0v) is 15.6. The van der Waals surface area contributed by atoms with Crippen molar-refractivity contribution in [3.63, 3.8) is 0 Å². The third-order valence-electron chi connectivity index (χ3n) is 6.03. The molecule has 3 nitrogen and oxygen atoms in total. The molecule has 1 saturated heterocycles. The number of nitrogen functional groups attached to an aromatic ring is 1. The van der Waals surface area contributed by atoms with E-state index in [1.807, 2.05) is 12.1 Å². The molecule has 138 valence electrons. The van der Waals surface area contributed by atoms with Crippen molar-refractivity contribution in [2.45, 2.75) is 70.6 Å². The molecular weight excluding hydrogens is 308 g/mol. The minimum atomic E-state index is 0.243. The smallest absolute Gasteiger partial charge is 0.162 e. The van der Waals surface area contributed by atoms with Crippen molar-refractivity contribution < 1.29 is 4.79 Å². The molecule has 0 radical (unpaired) electrons. The van der Waals surface area contributed by atoms with Gasteiger partial charge in [0, 0.05) is 17.7 Å². The Labute approximate surface area is 153 Å². The number of nitrogens with two attached hydrogens (primary N) is 1. The highest BCUT2D eigenvalue weighted by Gasteiger charge is 2.16. The van der Waals surface area contributed by atoms with Crippen LogP contribution in [0.25, 0.3) is 0 Å². The average Bonchev–Trinajstić information content (AvgIpc) is 2.65. The molecule has 2 fully saturated rings. The van der Waals surface area contributed by atoms with Crippen LogP contribution in [0.4, 0.5) is 5.69 Å². The Hall–Kier alpha value is -1.35. The summed E-state index contributed by atoms with van der Waals surface area (Å²) in [6, 6.07) is 6.01. The van der Waals surface area contributed by atoms with E-state index in [0.717, 1.165) is 36.6 Å². The highest BCUT2D eigenvalue weighted by atomic mass is 16.1. The molecule has 1 aromatic rings. The molecule has 1 aromatic carbocycles. The van der Waals surface area contributed by atoms with E-state index >= 15 is 0 Å². The van der Waals surface area contributed by atoms with Crippen LogP contribution in [0.1, 0.15) is 80.1 Å². The van der Waals surface area contributed by atoms with E-state index in [-0.39, 0.29) is 5.78 Å². The lowest BCUT2D eigenvalue weighted by Crippen LogP contribution is -2.30. The molecule has 2 N–H and O–H groups in total. The SMILES string of the molecule is Nc1cc(C(=O)CCCN2CCCCC2)ccc1CC1CCCCC1. The molecule has 0 aromatic heterocycles. The number of nitrogens with zero attached hydrogens (tertiary/aromatic N) is 1. The third kappa shape index (κ3) is 5.57. The normalized spacial score (nSPS) is 19.8. The Bertz CT molecular complexity index is 557. The van der Waals surface area contributed by atoms with Crippen molar-refractivity contribution in [1.29, 1.82) is 0 Å². The Morgan fingerprint density at radius 3 is 2.48 bits per heavy atom. The van der Waals surface area contributed by atoms with Gasteiger partial charge in [-0.2, -0.15) is 0 Å². The summed E-state index contributed by atoms with van der Waals surface area (Å²) in [4.78, 5) is 15.0. The Morgan fingerprint density at radius 2 is 1.76 bits per heavy atom. The molecule has 0 bridgehead atoms. The quantitative estimate of drug-likeness (QED) is 0.569. The number of likely N-dealkylation sites (tertiary alicyclic amines) is 1. The third-order valence-corrected chi connectivity index (χ3v) is 6.03. The molecule has 0 atom stereocenters. The summed E-state index contributed by atoms with van der Waals surface area (Å²) in [5.41, 5.74) is 9.10. The van der Waals surface area contributed by atoms with Crippen LogP contribution in [0.5, 0.6) is 0 Å². The first-order chi connectivity index (χ1) is 12.2. The van der Waals surface area contributed by atoms with Crippen LogP contribution in [-0.2, 0) is 6.42 Å². The number of carbonyl (C=O) groups excluding carboxylic acids is 1. The summed E-state index contributed by atoms with van der Waals surface area (Å²) in [5, 5.41) is 0. The molecule has 3 heteroatoms. The number of benzene rings is 1. The van der Waals surface area contributed by atoms with Gasteiger partial charge in [0.15, 0.2) is 5.78 Å². The molecule has 1 aliphatic heterocycles. The summed E-state index contributed by atoms with van der Waals surface area (Å²) in [5.74, 6) is 1.02. The number of Topliss-reactive ketones (excluding diaryl/α,β-unsaturated/α-hetero) is 1. The molecule has 25 heavy (non-hydrogen) atoms. The maximum atomic E-state index is 12.5. The van der Waals surface area contributed by atoms with Gasteiger partial charge in [-0.3, -0.25) is 4.79 Å². The van der Waals surface area contributed by atoms with Crippen molar-refractivity contribution >= 4 is 11.5 Å². The lowest BCUT2D eigenvalue weighted by molar-refractivity contribution is 0.0973. The second kappa shape index (κ2) is 9.38. The zero-order valence-electron chi connectivity index (χ0n) is 15.6. The van der Waals surface area contributed by atoms with Crippen LogP contribution in [0.3, 0.4) is 0 Å². The van der Waals surface area contributed by atoms with E-state index < -0.39 is 0 Å². The molecule has 1 heterocycles. The van der Waals surface area contributed by atoms with Gasteiger partial charge in [0.25, 0.3) is 0 Å². The van der Waals surface area contributed by atoms with E-state index in [0.29, 0.717) is 6.42 Å². The molecule has 1 aliphatic carbocycles. The summed E-state index contributed by atoms with van der Waals surface area (Å²) >= 11 is 0. The second-order valence-corrected chi connectivity index (χ2v) is 8.05. The fourth-order valence-corrected chi connectivity index (χ4v) is 4.45. The largest absolute Gasteiger partial charge is 0.398 e. The predicted molar refractivity (Wildman–Crippen MR) is 105 cm³/mol. The van der Waals surface area contributed by atoms with E-state index in [4.69, 9.17) is 5.73 Å². The fourth-order valence-electron chi connectivity index (χ4n) is 4.45. The first kappa shape index (κ1) is 18.4. The molecule has 2 aliphatic rings. The number of piperidine rings is 1. The highest BCUT2D eigenvalue weighted by molar-refractivity contribution is 5.97. The van der Waals surface area contributed by atoms with Crippen LogP contribution in [-0.4, -0.2) is 30.3 Å². The van der Waals surface area contributed by atoms with Crippen LogP contribution in [0.15, 0.2) is 18.2 Å². The predicted octanol–water partition coefficient (Wildman–Crippen LogP) is 4.84. The number of rotatable bonds is 7. The van der Waals surface area contributed by atoms with Crippen molar-refractivity contribution in [3.8, 4) is 0 Å². The highest BCUT2D eigenvalue weighted by Crippen LogP contribution is 2.29. The van der Waals surface area contributed by atoms with Crippen LogP contribution in [0, 0.1) is 5.92 Å². The van der Waals surface area contributed by atoms with E-state index in [1.54, 1.807) is 0 Å². The van der Waals surface area contributed by atoms with Gasteiger partial charge in [0.05, 0.1) is 0 Å². The Kier molecular flexibility index (Phi) is 6.92. The van der Waals surface area contributed by atoms with Crippen LogP contribution < -0.4 is 5.73 Å². The second-order valence-electron chi connectivity index (χ2n) is 8.05. The van der Waals surface area contributed by atoms with Crippen molar-refractivity contribution in [3.05, 3.63) is 29.3 Å². The standard InChI is InChI=1S/C22H34N2O/c23-21-17-20(12-11-19(21)16-18-8-3-1-4-9-18)22(25)10-7-15-24-13-5-2-6-14-24/h11-12,17-18H,1-10,13-16,23H2. The van der Waals surface area contributed by atoms with E-state index in [2.05, 4.69) is 11.0 Å². The van der Waals surface area contributed by atoms with Crippen molar-refractivity contribution in [1.82, 2.24) is 4.90 Å². The van der Waals surface area contributed by atoms with Gasteiger partial charge >= 0.3 is 0 Å². The van der Waals surface area contributed by atoms with Gasteiger partial charge in [-0.25, -0.2) is 0 Å². The number of carbonyl (C=O) groups is 1. The molecule has 0 amide bonds. The number of hydrogen-bond donors (Lipinski definition) is 1. The molecule has 0 unspecified atom stereocenters. The van der Waals surface area contributed by atoms with Crippen molar-refractivity contribution in [2.75, 3.05) is 25.4 Å². The molecule has 1 saturated carbocycles. The first-order valence-corrected chi connectivity index (χ1v) is 10.4. The van der Waals surface area contributed by atoms with Gasteiger partial charge in [-0.05, 0) is 62.9 Å². The lowest BCUT2D eigenvalue weighted by Gasteiger charge is -2.26. The van der Waals surface area contributed by atoms with Gasteiger partial charge in [-0.15, -0.1) is 0 Å². The lowest BCUT2D eigenvalue weighted by atomic mass is 9.84. The topological polar surface area (TPSA) is 46.3 Å². The monoisotopic (exact) mass is 342 g/mol. The Morgan fingerprint density at radius 1 is 1.04 bits per heavy atom. The number of ketones is 1. The van der Waals surface area contributed by atoms with Gasteiger partial charge in [0.2, 0.25) is 0 Å². The van der Waals surface area contributed by atoms with Crippen LogP contribution in [0.2, 0.25) is 0 Å². The zero-order chi connectivity index (χ0) is 17.5. The van der Waals surface area contributed by atoms with E-state index in [1.165, 1.54) is 70.0 Å². The van der Waals surface area contributed by atoms with E-state index in [9.17, 15) is 4.79 Å². The molecule has 0 spiro atoms.